The average Bonchev–Trinajstić information content (AvgIpc) is 0.692. The molecule has 0 N–H and O–H groups in total. The summed E-state index contributed by atoms with van der Waals surface area (Å²) in [5.74, 6) is 1.58. The van der Waals surface area contributed by atoms with Crippen LogP contribution in [0, 0.1) is 0 Å². The highest BCUT2D eigenvalue weighted by Gasteiger charge is 2.45. The predicted octanol–water partition coefficient (Wildman–Crippen LogP) is 27.0. The number of rotatable bonds is 15. The van der Waals surface area contributed by atoms with Gasteiger partial charge in [-0.15, -0.1) is 0 Å². The topological polar surface area (TPSA) is 32.3 Å². The highest BCUT2D eigenvalue weighted by molar-refractivity contribution is 7.00. The zero-order valence-corrected chi connectivity index (χ0v) is 62.3. The third-order valence-electron chi connectivity index (χ3n) is 23.9. The molecule has 20 rings (SSSR count). The van der Waals surface area contributed by atoms with E-state index in [4.69, 9.17) is 9.97 Å². The maximum atomic E-state index is 6.07. The van der Waals surface area contributed by atoms with Crippen LogP contribution in [0.1, 0.15) is 87.2 Å². The fourth-order valence-electron chi connectivity index (χ4n) is 18.4. The maximum absolute atomic E-state index is 6.07. The number of benzene rings is 15. The maximum Gasteiger partial charge on any atom is 0.252 e. The molecule has 2 aliphatic heterocycles. The third-order valence-corrected chi connectivity index (χ3v) is 23.9. The lowest BCUT2D eigenvalue weighted by Crippen LogP contribution is -2.61. The molecule has 2 aliphatic carbocycles. The van der Waals surface area contributed by atoms with Crippen LogP contribution in [-0.4, -0.2) is 16.7 Å². The monoisotopic (exact) mass is 1420 g/mol. The van der Waals surface area contributed by atoms with Crippen molar-refractivity contribution in [2.75, 3.05) is 9.80 Å². The molecule has 0 amide bonds. The van der Waals surface area contributed by atoms with Gasteiger partial charge in [-0.25, -0.2) is 9.97 Å². The van der Waals surface area contributed by atoms with Gasteiger partial charge in [0.15, 0.2) is 5.82 Å². The molecule has 4 nitrogen and oxygen atoms in total. The lowest BCUT2D eigenvalue weighted by Gasteiger charge is -2.45. The first kappa shape index (κ1) is 67.4. The molecular weight excluding hydrogens is 1340 g/mol. The van der Waals surface area contributed by atoms with Gasteiger partial charge in [0.2, 0.25) is 0 Å². The summed E-state index contributed by atoms with van der Waals surface area (Å²) in [4.78, 5) is 17.4. The van der Waals surface area contributed by atoms with Gasteiger partial charge >= 0.3 is 0 Å². The van der Waals surface area contributed by atoms with Crippen molar-refractivity contribution >= 4 is 57.2 Å². The van der Waals surface area contributed by atoms with E-state index in [1.807, 2.05) is 0 Å². The first-order valence-corrected chi connectivity index (χ1v) is 40.0. The predicted molar refractivity (Wildman–Crippen MR) is 468 cm³/mol. The van der Waals surface area contributed by atoms with Crippen molar-refractivity contribution in [3.05, 3.63) is 381 Å². The van der Waals surface area contributed by atoms with Crippen LogP contribution < -0.4 is 26.2 Å². The van der Waals surface area contributed by atoms with Crippen LogP contribution in [0.25, 0.3) is 123 Å². The Morgan fingerprint density at radius 1 is 0.216 bits per heavy atom. The summed E-state index contributed by atoms with van der Waals surface area (Å²) in [5, 5.41) is 0. The van der Waals surface area contributed by atoms with E-state index in [0.717, 1.165) is 140 Å². The van der Waals surface area contributed by atoms with Gasteiger partial charge in [-0.05, 0) is 257 Å². The molecule has 0 atom stereocenters. The Morgan fingerprint density at radius 3 is 0.757 bits per heavy atom. The van der Waals surface area contributed by atoms with Crippen molar-refractivity contribution in [2.45, 2.75) is 76.0 Å². The molecule has 2 fully saturated rings. The lowest BCUT2D eigenvalue weighted by molar-refractivity contribution is 0.444. The van der Waals surface area contributed by atoms with E-state index in [-0.39, 0.29) is 6.71 Å². The van der Waals surface area contributed by atoms with Gasteiger partial charge < -0.3 is 9.80 Å². The molecule has 16 aromatic rings. The van der Waals surface area contributed by atoms with Gasteiger partial charge in [-0.1, -0.05) is 305 Å². The molecule has 5 heteroatoms. The molecule has 0 radical (unpaired) electrons. The molecule has 2 saturated carbocycles. The van der Waals surface area contributed by atoms with E-state index in [1.165, 1.54) is 103 Å². The molecular formula is C106H83BN4. The molecule has 0 bridgehead atoms. The molecule has 1 aromatic heterocycles. The standard InChI is InChI=1S/C106H83BN4/c1-11-31-72(32-12-1)82-51-53-101-97(67-82)107-98-68-83(73-33-13-2-14-34-73)52-54-102(98)111(96-65-90(80-47-27-9-28-48-80)58-91(66-96)81-49-29-10-30-50-81)104-70-94(69-103(105(104)107)110(101)95-63-88(78-43-23-7-24-44-78)57-89(64-95)79-45-25-8-26-46-79)106-108-99(92-59-84(74-35-15-3-16-36-74)55-85(60-92)75-37-17-4-18-38-75)71-100(109-106)93-61-86(76-39-19-5-20-40-76)56-87(62-93)77-41-21-6-22-42-77/h3-10,15-30,35-73H,1-2,11-14,31-34H2. The number of anilines is 6. The van der Waals surface area contributed by atoms with Crippen LogP contribution in [0.3, 0.4) is 0 Å². The minimum absolute atomic E-state index is 0.150. The molecule has 0 spiro atoms. The molecule has 0 saturated heterocycles. The molecule has 4 aliphatic rings. The van der Waals surface area contributed by atoms with Gasteiger partial charge in [0, 0.05) is 50.8 Å². The van der Waals surface area contributed by atoms with Crippen LogP contribution in [0.5, 0.6) is 0 Å². The van der Waals surface area contributed by atoms with Crippen molar-refractivity contribution in [3.8, 4) is 123 Å². The first-order valence-electron chi connectivity index (χ1n) is 40.0. The number of hydrogen-bond donors (Lipinski definition) is 0. The van der Waals surface area contributed by atoms with Crippen molar-refractivity contribution < 1.29 is 0 Å². The zero-order chi connectivity index (χ0) is 73.6. The number of aromatic nitrogens is 2. The molecule has 3 heterocycles. The van der Waals surface area contributed by atoms with Gasteiger partial charge in [-0.2, -0.15) is 0 Å². The van der Waals surface area contributed by atoms with Gasteiger partial charge in [-0.3, -0.25) is 0 Å². The Hall–Kier alpha value is -13.0. The summed E-state index contributed by atoms with van der Waals surface area (Å²) in [6, 6.07) is 138. The fourth-order valence-corrected chi connectivity index (χ4v) is 18.4. The SMILES string of the molecule is c1ccc(-c2cc(-c3ccccc3)cc(-c3cc(-c4cc(-c5ccccc5)cc(-c5ccccc5)c4)nc(-c4cc5c6c(c4)N(c4cc(-c7ccccc7)cc(-c7ccccc7)c4)c4ccc(C7CCCCC7)cc4B6c4cc(C6CCCCC6)ccc4N5c4cc(-c5ccccc5)cc(-c5ccccc5)c4)n3)c2)cc1. The summed E-state index contributed by atoms with van der Waals surface area (Å²) in [6.45, 7) is -0.150. The van der Waals surface area contributed by atoms with E-state index < -0.39 is 0 Å². The van der Waals surface area contributed by atoms with Crippen LogP contribution in [0.15, 0.2) is 370 Å². The Kier molecular flexibility index (Phi) is 17.9. The second-order valence-corrected chi connectivity index (χ2v) is 30.9. The van der Waals surface area contributed by atoms with Crippen molar-refractivity contribution in [2.24, 2.45) is 0 Å². The zero-order valence-electron chi connectivity index (χ0n) is 62.3. The van der Waals surface area contributed by atoms with Gasteiger partial charge in [0.25, 0.3) is 6.71 Å². The van der Waals surface area contributed by atoms with Crippen LogP contribution in [0.2, 0.25) is 0 Å². The van der Waals surface area contributed by atoms with Crippen LogP contribution in [-0.2, 0) is 0 Å². The minimum atomic E-state index is -0.150. The van der Waals surface area contributed by atoms with Gasteiger partial charge in [0.05, 0.1) is 11.4 Å². The van der Waals surface area contributed by atoms with Crippen LogP contribution >= 0.6 is 0 Å². The van der Waals surface area contributed by atoms with Crippen molar-refractivity contribution in [1.29, 1.82) is 0 Å². The summed E-state index contributed by atoms with van der Waals surface area (Å²) < 4.78 is 0. The smallest absolute Gasteiger partial charge is 0.252 e. The molecule has 15 aromatic carbocycles. The lowest BCUT2D eigenvalue weighted by atomic mass is 9.33. The van der Waals surface area contributed by atoms with Crippen molar-refractivity contribution in [1.82, 2.24) is 9.97 Å². The fraction of sp³-hybridized carbons (Fsp3) is 0.113. The highest BCUT2D eigenvalue weighted by atomic mass is 15.2. The number of fused-ring (bicyclic) bond motifs is 4. The summed E-state index contributed by atoms with van der Waals surface area (Å²) >= 11 is 0. The first-order chi connectivity index (χ1) is 55.0. The Labute approximate surface area is 652 Å². The van der Waals surface area contributed by atoms with Crippen molar-refractivity contribution in [3.63, 3.8) is 0 Å². The number of hydrogen-bond acceptors (Lipinski definition) is 4. The summed E-state index contributed by atoms with van der Waals surface area (Å²) in [6.07, 6.45) is 12.4. The molecule has 111 heavy (non-hydrogen) atoms. The van der Waals surface area contributed by atoms with Gasteiger partial charge in [0.1, 0.15) is 0 Å². The summed E-state index contributed by atoms with van der Waals surface area (Å²) in [5.41, 5.74) is 36.3. The quantitative estimate of drug-likeness (QED) is 0.0958. The average molecular weight is 1420 g/mol. The number of nitrogens with zero attached hydrogens (tertiary/aromatic N) is 4. The summed E-state index contributed by atoms with van der Waals surface area (Å²) in [7, 11) is 0. The Bertz CT molecular complexity index is 5480. The second kappa shape index (κ2) is 29.6. The highest BCUT2D eigenvalue weighted by Crippen LogP contribution is 2.51. The molecule has 530 valence electrons. The molecule has 0 unspecified atom stereocenters. The van der Waals surface area contributed by atoms with Crippen LogP contribution in [0.4, 0.5) is 34.1 Å². The van der Waals surface area contributed by atoms with E-state index >= 15 is 0 Å². The van der Waals surface area contributed by atoms with E-state index in [9.17, 15) is 0 Å². The van der Waals surface area contributed by atoms with E-state index in [0.29, 0.717) is 17.7 Å². The Morgan fingerprint density at radius 2 is 0.477 bits per heavy atom. The largest absolute Gasteiger partial charge is 0.311 e. The third kappa shape index (κ3) is 13.3. The normalized spacial score (nSPS) is 14.0. The van der Waals surface area contributed by atoms with E-state index in [2.05, 4.69) is 380 Å². The Balaban J connectivity index is 0.919. The second-order valence-electron chi connectivity index (χ2n) is 30.9. The van der Waals surface area contributed by atoms with E-state index in [1.54, 1.807) is 0 Å². The minimum Gasteiger partial charge on any atom is -0.311 e.